The van der Waals surface area contributed by atoms with Crippen molar-refractivity contribution >= 4 is 39.1 Å². The number of halogens is 2. The third-order valence-corrected chi connectivity index (χ3v) is 3.64. The summed E-state index contributed by atoms with van der Waals surface area (Å²) in [5.74, 6) is -0.00954. The molecule has 5 heteroatoms. The van der Waals surface area contributed by atoms with E-state index in [1.54, 1.807) is 6.07 Å². The summed E-state index contributed by atoms with van der Waals surface area (Å²) >= 11 is 9.38. The van der Waals surface area contributed by atoms with Gasteiger partial charge in [0.2, 0.25) is 5.91 Å². The van der Waals surface area contributed by atoms with Crippen molar-refractivity contribution in [3.63, 3.8) is 0 Å². The molecular weight excluding hydrogens is 304 g/mol. The van der Waals surface area contributed by atoms with E-state index in [0.29, 0.717) is 10.7 Å². The maximum atomic E-state index is 12.0. The lowest BCUT2D eigenvalue weighted by Gasteiger charge is -2.22. The van der Waals surface area contributed by atoms with Crippen molar-refractivity contribution in [3.05, 3.63) is 27.7 Å². The van der Waals surface area contributed by atoms with Crippen molar-refractivity contribution < 1.29 is 4.79 Å². The van der Waals surface area contributed by atoms with Crippen LogP contribution in [0.1, 0.15) is 19.3 Å². The highest BCUT2D eigenvalue weighted by Crippen LogP contribution is 2.26. The average Bonchev–Trinajstić information content (AvgIpc) is 2.35. The van der Waals surface area contributed by atoms with Crippen LogP contribution in [0.4, 0.5) is 5.69 Å². The van der Waals surface area contributed by atoms with Crippen LogP contribution in [0, 0.1) is 0 Å². The maximum Gasteiger partial charge on any atom is 0.241 e. The van der Waals surface area contributed by atoms with Crippen LogP contribution >= 0.6 is 27.5 Å². The Morgan fingerprint density at radius 3 is 3.00 bits per heavy atom. The predicted molar refractivity (Wildman–Crippen MR) is 73.4 cm³/mol. The number of anilines is 1. The Balaban J connectivity index is 2.04. The van der Waals surface area contributed by atoms with Crippen molar-refractivity contribution in [2.24, 2.45) is 0 Å². The molecule has 0 aromatic heterocycles. The second kappa shape index (κ2) is 5.85. The molecule has 17 heavy (non-hydrogen) atoms. The summed E-state index contributed by atoms with van der Waals surface area (Å²) in [4.78, 5) is 12.0. The fourth-order valence-electron chi connectivity index (χ4n) is 1.89. The van der Waals surface area contributed by atoms with E-state index < -0.39 is 0 Å². The summed E-state index contributed by atoms with van der Waals surface area (Å²) < 4.78 is 0.897. The van der Waals surface area contributed by atoms with Gasteiger partial charge in [-0.1, -0.05) is 34.0 Å². The number of hydrogen-bond acceptors (Lipinski definition) is 2. The number of carbonyl (C=O) groups is 1. The molecule has 0 bridgehead atoms. The van der Waals surface area contributed by atoms with Gasteiger partial charge in [-0.15, -0.1) is 0 Å². The van der Waals surface area contributed by atoms with Crippen LogP contribution in [-0.2, 0) is 4.79 Å². The first-order valence-electron chi connectivity index (χ1n) is 5.66. The molecule has 1 saturated heterocycles. The van der Waals surface area contributed by atoms with Gasteiger partial charge in [0, 0.05) is 4.47 Å². The molecule has 2 rings (SSSR count). The van der Waals surface area contributed by atoms with Gasteiger partial charge in [-0.25, -0.2) is 0 Å². The highest BCUT2D eigenvalue weighted by Gasteiger charge is 2.20. The molecule has 1 heterocycles. The molecule has 1 atom stereocenters. The second-order valence-corrected chi connectivity index (χ2v) is 5.44. The predicted octanol–water partition coefficient (Wildman–Crippen LogP) is 3.18. The van der Waals surface area contributed by atoms with Crippen molar-refractivity contribution in [1.82, 2.24) is 5.32 Å². The highest BCUT2D eigenvalue weighted by molar-refractivity contribution is 9.10. The first kappa shape index (κ1) is 12.9. The zero-order chi connectivity index (χ0) is 12.3. The van der Waals surface area contributed by atoms with Crippen LogP contribution in [-0.4, -0.2) is 18.5 Å². The Bertz CT molecular complexity index is 419. The van der Waals surface area contributed by atoms with Crippen molar-refractivity contribution in [2.45, 2.75) is 25.3 Å². The fraction of sp³-hybridized carbons (Fsp3) is 0.417. The Labute approximate surface area is 114 Å². The average molecular weight is 318 g/mol. The van der Waals surface area contributed by atoms with Crippen molar-refractivity contribution in [2.75, 3.05) is 11.9 Å². The highest BCUT2D eigenvalue weighted by atomic mass is 79.9. The van der Waals surface area contributed by atoms with E-state index in [9.17, 15) is 4.79 Å². The van der Waals surface area contributed by atoms with Gasteiger partial charge in [0.05, 0.1) is 16.8 Å². The Morgan fingerprint density at radius 1 is 1.47 bits per heavy atom. The molecule has 92 valence electrons. The molecule has 1 aliphatic rings. The minimum atomic E-state index is -0.0983. The van der Waals surface area contributed by atoms with Crippen LogP contribution in [0.25, 0.3) is 0 Å². The number of carbonyl (C=O) groups excluding carboxylic acids is 1. The first-order chi connectivity index (χ1) is 8.16. The summed E-state index contributed by atoms with van der Waals surface area (Å²) in [7, 11) is 0. The monoisotopic (exact) mass is 316 g/mol. The van der Waals surface area contributed by atoms with E-state index in [1.165, 1.54) is 0 Å². The molecule has 1 aromatic carbocycles. The van der Waals surface area contributed by atoms with E-state index >= 15 is 0 Å². The van der Waals surface area contributed by atoms with Gasteiger partial charge in [0.25, 0.3) is 0 Å². The molecule has 1 amide bonds. The van der Waals surface area contributed by atoms with Gasteiger partial charge in [-0.2, -0.15) is 0 Å². The zero-order valence-electron chi connectivity index (χ0n) is 9.30. The number of hydrogen-bond donors (Lipinski definition) is 2. The van der Waals surface area contributed by atoms with Crippen LogP contribution in [0.15, 0.2) is 22.7 Å². The smallest absolute Gasteiger partial charge is 0.241 e. The third-order valence-electron chi connectivity index (χ3n) is 2.81. The third kappa shape index (κ3) is 3.44. The summed E-state index contributed by atoms with van der Waals surface area (Å²) in [5.41, 5.74) is 0.651. The zero-order valence-corrected chi connectivity index (χ0v) is 11.6. The van der Waals surface area contributed by atoms with E-state index in [1.807, 2.05) is 12.1 Å². The maximum absolute atomic E-state index is 12.0. The molecule has 0 unspecified atom stereocenters. The number of piperidine rings is 1. The number of nitrogens with one attached hydrogen (secondary N) is 2. The molecule has 0 saturated carbocycles. The van der Waals surface area contributed by atoms with Gasteiger partial charge in [-0.3, -0.25) is 4.79 Å². The van der Waals surface area contributed by atoms with Gasteiger partial charge in [0.1, 0.15) is 0 Å². The molecule has 0 radical (unpaired) electrons. The topological polar surface area (TPSA) is 41.1 Å². The molecule has 0 spiro atoms. The largest absolute Gasteiger partial charge is 0.323 e. The molecule has 1 fully saturated rings. The van der Waals surface area contributed by atoms with Crippen LogP contribution in [0.3, 0.4) is 0 Å². The standard InChI is InChI=1S/C12H14BrClN2O/c13-8-4-5-9(14)11(7-8)16-12(17)10-3-1-2-6-15-10/h4-5,7,10,15H,1-3,6H2,(H,16,17)/t10-/m1/s1. The van der Waals surface area contributed by atoms with Gasteiger partial charge < -0.3 is 10.6 Å². The number of rotatable bonds is 2. The Kier molecular flexibility index (Phi) is 4.42. The molecule has 2 N–H and O–H groups in total. The second-order valence-electron chi connectivity index (χ2n) is 4.12. The molecular formula is C12H14BrClN2O. The fourth-order valence-corrected chi connectivity index (χ4v) is 2.41. The normalized spacial score (nSPS) is 20.0. The van der Waals surface area contributed by atoms with E-state index in [2.05, 4.69) is 26.6 Å². The molecule has 3 nitrogen and oxygen atoms in total. The molecule has 1 aromatic rings. The Morgan fingerprint density at radius 2 is 2.29 bits per heavy atom. The van der Waals surface area contributed by atoms with Gasteiger partial charge in [-0.05, 0) is 37.6 Å². The van der Waals surface area contributed by atoms with Crippen molar-refractivity contribution in [3.8, 4) is 0 Å². The summed E-state index contributed by atoms with van der Waals surface area (Å²) in [6, 6.07) is 5.31. The van der Waals surface area contributed by atoms with E-state index in [0.717, 1.165) is 30.3 Å². The van der Waals surface area contributed by atoms with Crippen LogP contribution in [0.5, 0.6) is 0 Å². The number of benzene rings is 1. The van der Waals surface area contributed by atoms with Crippen molar-refractivity contribution in [1.29, 1.82) is 0 Å². The van der Waals surface area contributed by atoms with E-state index in [-0.39, 0.29) is 11.9 Å². The van der Waals surface area contributed by atoms with Gasteiger partial charge in [0.15, 0.2) is 0 Å². The lowest BCUT2D eigenvalue weighted by atomic mass is 10.0. The van der Waals surface area contributed by atoms with Gasteiger partial charge >= 0.3 is 0 Å². The summed E-state index contributed by atoms with van der Waals surface area (Å²) in [6.45, 7) is 0.907. The molecule has 1 aliphatic heterocycles. The van der Waals surface area contributed by atoms with E-state index in [4.69, 9.17) is 11.6 Å². The minimum Gasteiger partial charge on any atom is -0.323 e. The molecule has 0 aliphatic carbocycles. The lowest BCUT2D eigenvalue weighted by Crippen LogP contribution is -2.43. The van der Waals surface area contributed by atoms with Crippen LogP contribution in [0.2, 0.25) is 5.02 Å². The minimum absolute atomic E-state index is 0.00954. The van der Waals surface area contributed by atoms with Crippen LogP contribution < -0.4 is 10.6 Å². The Hall–Kier alpha value is -0.580. The first-order valence-corrected chi connectivity index (χ1v) is 6.83. The lowest BCUT2D eigenvalue weighted by molar-refractivity contribution is -0.118. The number of amides is 1. The SMILES string of the molecule is O=C(Nc1cc(Br)ccc1Cl)[C@H]1CCCCN1. The summed E-state index contributed by atoms with van der Waals surface area (Å²) in [6.07, 6.45) is 3.12. The quantitative estimate of drug-likeness (QED) is 0.879. The summed E-state index contributed by atoms with van der Waals surface area (Å²) in [5, 5.41) is 6.62.